The number of hydrogen-bond acceptors (Lipinski definition) is 3. The van der Waals surface area contributed by atoms with Crippen LogP contribution in [0.3, 0.4) is 0 Å². The molecular formula is C13H24N2O. The first-order valence-corrected chi connectivity index (χ1v) is 6.07. The molecule has 0 radical (unpaired) electrons. The van der Waals surface area contributed by atoms with E-state index in [0.717, 1.165) is 31.9 Å². The molecule has 1 rings (SSSR count). The first kappa shape index (κ1) is 13.3. The molecule has 0 aliphatic carbocycles. The van der Waals surface area contributed by atoms with Gasteiger partial charge in [-0.05, 0) is 25.6 Å². The van der Waals surface area contributed by atoms with Crippen molar-refractivity contribution in [1.29, 1.82) is 0 Å². The van der Waals surface area contributed by atoms with Crippen molar-refractivity contribution in [1.82, 2.24) is 10.2 Å². The highest BCUT2D eigenvalue weighted by molar-refractivity contribution is 5.12. The molecule has 3 nitrogen and oxygen atoms in total. The van der Waals surface area contributed by atoms with Crippen molar-refractivity contribution in [2.45, 2.75) is 33.9 Å². The van der Waals surface area contributed by atoms with Gasteiger partial charge in [0.25, 0.3) is 0 Å². The minimum atomic E-state index is 0.696. The zero-order chi connectivity index (χ0) is 12.0. The third-order valence-corrected chi connectivity index (χ3v) is 2.39. The first-order valence-electron chi connectivity index (χ1n) is 6.07. The number of furan rings is 1. The van der Waals surface area contributed by atoms with Crippen molar-refractivity contribution in [2.75, 3.05) is 20.1 Å². The van der Waals surface area contributed by atoms with Crippen LogP contribution in [-0.2, 0) is 13.1 Å². The molecule has 1 heterocycles. The van der Waals surface area contributed by atoms with Crippen LogP contribution >= 0.6 is 0 Å². The van der Waals surface area contributed by atoms with Crippen LogP contribution in [0.5, 0.6) is 0 Å². The van der Waals surface area contributed by atoms with Gasteiger partial charge in [-0.2, -0.15) is 0 Å². The SMILES string of the molecule is CCNCc1coc(CN(C)CC(C)C)c1. The predicted octanol–water partition coefficient (Wildman–Crippen LogP) is 2.48. The standard InChI is InChI=1S/C13H24N2O/c1-5-14-7-12-6-13(16-10-12)9-15(4)8-11(2)3/h6,10-11,14H,5,7-9H2,1-4H3. The Balaban J connectivity index is 2.39. The summed E-state index contributed by atoms with van der Waals surface area (Å²) in [5, 5.41) is 3.29. The highest BCUT2D eigenvalue weighted by Gasteiger charge is 2.06. The molecule has 1 aromatic rings. The molecule has 0 aliphatic rings. The minimum Gasteiger partial charge on any atom is -0.468 e. The molecule has 92 valence electrons. The van der Waals surface area contributed by atoms with Crippen LogP contribution in [0.1, 0.15) is 32.1 Å². The summed E-state index contributed by atoms with van der Waals surface area (Å²) < 4.78 is 5.53. The van der Waals surface area contributed by atoms with E-state index in [0.29, 0.717) is 5.92 Å². The van der Waals surface area contributed by atoms with Gasteiger partial charge in [0.1, 0.15) is 5.76 Å². The molecule has 0 aliphatic heterocycles. The van der Waals surface area contributed by atoms with Crippen LogP contribution in [-0.4, -0.2) is 25.0 Å². The summed E-state index contributed by atoms with van der Waals surface area (Å²) >= 11 is 0. The lowest BCUT2D eigenvalue weighted by Crippen LogP contribution is -2.22. The normalized spacial score (nSPS) is 11.6. The van der Waals surface area contributed by atoms with Crippen molar-refractivity contribution in [2.24, 2.45) is 5.92 Å². The molecular weight excluding hydrogens is 200 g/mol. The molecule has 0 unspecified atom stereocenters. The van der Waals surface area contributed by atoms with E-state index in [2.05, 4.69) is 44.1 Å². The summed E-state index contributed by atoms with van der Waals surface area (Å²) in [5.74, 6) is 1.75. The lowest BCUT2D eigenvalue weighted by Gasteiger charge is -2.17. The van der Waals surface area contributed by atoms with Crippen molar-refractivity contribution >= 4 is 0 Å². The van der Waals surface area contributed by atoms with E-state index in [1.165, 1.54) is 5.56 Å². The second-order valence-corrected chi connectivity index (χ2v) is 4.79. The first-order chi connectivity index (χ1) is 7.61. The summed E-state index contributed by atoms with van der Waals surface area (Å²) in [4.78, 5) is 2.29. The molecule has 0 aromatic carbocycles. The summed E-state index contributed by atoms with van der Waals surface area (Å²) in [6.45, 7) is 10.5. The Hall–Kier alpha value is -0.800. The molecule has 0 bridgehead atoms. The Bertz CT molecular complexity index is 294. The van der Waals surface area contributed by atoms with Crippen LogP contribution in [0, 0.1) is 5.92 Å². The topological polar surface area (TPSA) is 28.4 Å². The van der Waals surface area contributed by atoms with E-state index in [1.807, 2.05) is 6.26 Å². The Labute approximate surface area is 98.8 Å². The number of rotatable bonds is 7. The Morgan fingerprint density at radius 3 is 2.81 bits per heavy atom. The van der Waals surface area contributed by atoms with Gasteiger partial charge in [-0.15, -0.1) is 0 Å². The average Bonchev–Trinajstić information content (AvgIpc) is 2.61. The largest absolute Gasteiger partial charge is 0.468 e. The third kappa shape index (κ3) is 4.81. The second-order valence-electron chi connectivity index (χ2n) is 4.79. The van der Waals surface area contributed by atoms with E-state index < -0.39 is 0 Å². The molecule has 0 saturated heterocycles. The fraction of sp³-hybridized carbons (Fsp3) is 0.692. The molecule has 1 N–H and O–H groups in total. The Kier molecular flexibility index (Phi) is 5.56. The van der Waals surface area contributed by atoms with E-state index in [9.17, 15) is 0 Å². The third-order valence-electron chi connectivity index (χ3n) is 2.39. The molecule has 16 heavy (non-hydrogen) atoms. The average molecular weight is 224 g/mol. The van der Waals surface area contributed by atoms with Gasteiger partial charge < -0.3 is 9.73 Å². The van der Waals surface area contributed by atoms with Gasteiger partial charge in [0, 0.05) is 18.7 Å². The zero-order valence-electron chi connectivity index (χ0n) is 10.9. The van der Waals surface area contributed by atoms with Gasteiger partial charge >= 0.3 is 0 Å². The fourth-order valence-corrected chi connectivity index (χ4v) is 1.83. The van der Waals surface area contributed by atoms with Gasteiger partial charge in [0.05, 0.1) is 12.8 Å². The van der Waals surface area contributed by atoms with Crippen molar-refractivity contribution in [3.8, 4) is 0 Å². The van der Waals surface area contributed by atoms with Crippen LogP contribution in [0.4, 0.5) is 0 Å². The van der Waals surface area contributed by atoms with E-state index >= 15 is 0 Å². The van der Waals surface area contributed by atoms with Crippen LogP contribution in [0.25, 0.3) is 0 Å². The van der Waals surface area contributed by atoms with Crippen LogP contribution < -0.4 is 5.32 Å². The van der Waals surface area contributed by atoms with Gasteiger partial charge in [-0.3, -0.25) is 4.90 Å². The lowest BCUT2D eigenvalue weighted by atomic mass is 10.2. The molecule has 0 fully saturated rings. The maximum Gasteiger partial charge on any atom is 0.118 e. The van der Waals surface area contributed by atoms with Crippen molar-refractivity contribution in [3.05, 3.63) is 23.7 Å². The molecule has 0 amide bonds. The molecule has 3 heteroatoms. The van der Waals surface area contributed by atoms with Gasteiger partial charge in [-0.1, -0.05) is 20.8 Å². The predicted molar refractivity (Wildman–Crippen MR) is 67.3 cm³/mol. The summed E-state index contributed by atoms with van der Waals surface area (Å²) in [6.07, 6.45) is 1.85. The van der Waals surface area contributed by atoms with Crippen LogP contribution in [0.15, 0.2) is 16.7 Å². The quantitative estimate of drug-likeness (QED) is 0.771. The van der Waals surface area contributed by atoms with E-state index in [4.69, 9.17) is 4.42 Å². The monoisotopic (exact) mass is 224 g/mol. The second kappa shape index (κ2) is 6.71. The number of nitrogens with one attached hydrogen (secondary N) is 1. The number of hydrogen-bond donors (Lipinski definition) is 1. The molecule has 1 aromatic heterocycles. The Morgan fingerprint density at radius 1 is 1.44 bits per heavy atom. The highest BCUT2D eigenvalue weighted by Crippen LogP contribution is 2.10. The summed E-state index contributed by atoms with van der Waals surface area (Å²) in [7, 11) is 2.13. The molecule has 0 atom stereocenters. The van der Waals surface area contributed by atoms with Crippen molar-refractivity contribution < 1.29 is 4.42 Å². The van der Waals surface area contributed by atoms with E-state index in [1.54, 1.807) is 0 Å². The number of nitrogens with zero attached hydrogens (tertiary/aromatic N) is 1. The smallest absolute Gasteiger partial charge is 0.118 e. The Morgan fingerprint density at radius 2 is 2.19 bits per heavy atom. The summed E-state index contributed by atoms with van der Waals surface area (Å²) in [5.41, 5.74) is 1.23. The van der Waals surface area contributed by atoms with Crippen LogP contribution in [0.2, 0.25) is 0 Å². The molecule has 0 saturated carbocycles. The molecule has 0 spiro atoms. The summed E-state index contributed by atoms with van der Waals surface area (Å²) in [6, 6.07) is 2.14. The highest BCUT2D eigenvalue weighted by atomic mass is 16.3. The van der Waals surface area contributed by atoms with Gasteiger partial charge in [-0.25, -0.2) is 0 Å². The maximum atomic E-state index is 5.53. The minimum absolute atomic E-state index is 0.696. The maximum absolute atomic E-state index is 5.53. The lowest BCUT2D eigenvalue weighted by molar-refractivity contribution is 0.265. The van der Waals surface area contributed by atoms with Gasteiger partial charge in [0.2, 0.25) is 0 Å². The van der Waals surface area contributed by atoms with Crippen molar-refractivity contribution in [3.63, 3.8) is 0 Å². The fourth-order valence-electron chi connectivity index (χ4n) is 1.83. The van der Waals surface area contributed by atoms with E-state index in [-0.39, 0.29) is 0 Å². The zero-order valence-corrected chi connectivity index (χ0v) is 10.9. The van der Waals surface area contributed by atoms with Gasteiger partial charge in [0.15, 0.2) is 0 Å².